The van der Waals surface area contributed by atoms with Crippen molar-refractivity contribution in [1.29, 1.82) is 0 Å². The molecule has 1 atom stereocenters. The van der Waals surface area contributed by atoms with Crippen LogP contribution in [0.1, 0.15) is 50.6 Å². The average molecular weight is 229 g/mol. The highest BCUT2D eigenvalue weighted by molar-refractivity contribution is 5.78. The SMILES string of the molecule is CC(c1ncnc2[nH]ccc12)C1CCCCC1. The molecule has 1 saturated carbocycles. The van der Waals surface area contributed by atoms with Crippen molar-refractivity contribution in [2.24, 2.45) is 5.92 Å². The molecule has 1 aliphatic carbocycles. The van der Waals surface area contributed by atoms with Gasteiger partial charge >= 0.3 is 0 Å². The summed E-state index contributed by atoms with van der Waals surface area (Å²) in [6, 6.07) is 2.10. The average Bonchev–Trinajstić information content (AvgIpc) is 2.87. The molecule has 1 fully saturated rings. The van der Waals surface area contributed by atoms with Crippen molar-refractivity contribution in [2.45, 2.75) is 44.9 Å². The number of H-pyrrole nitrogens is 1. The van der Waals surface area contributed by atoms with E-state index in [2.05, 4.69) is 27.9 Å². The van der Waals surface area contributed by atoms with Gasteiger partial charge < -0.3 is 4.98 Å². The molecule has 0 aliphatic heterocycles. The lowest BCUT2D eigenvalue weighted by Gasteiger charge is -2.27. The number of rotatable bonds is 2. The molecule has 2 aromatic heterocycles. The summed E-state index contributed by atoms with van der Waals surface area (Å²) in [5.41, 5.74) is 2.20. The molecule has 17 heavy (non-hydrogen) atoms. The Morgan fingerprint density at radius 3 is 2.88 bits per heavy atom. The summed E-state index contributed by atoms with van der Waals surface area (Å²) >= 11 is 0. The lowest BCUT2D eigenvalue weighted by Crippen LogP contribution is -2.15. The van der Waals surface area contributed by atoms with Gasteiger partial charge in [0.2, 0.25) is 0 Å². The Hall–Kier alpha value is -1.38. The highest BCUT2D eigenvalue weighted by Crippen LogP contribution is 2.36. The summed E-state index contributed by atoms with van der Waals surface area (Å²) in [5.74, 6) is 1.35. The van der Waals surface area contributed by atoms with Crippen LogP contribution >= 0.6 is 0 Å². The predicted molar refractivity (Wildman–Crippen MR) is 68.9 cm³/mol. The zero-order valence-corrected chi connectivity index (χ0v) is 10.3. The topological polar surface area (TPSA) is 41.6 Å². The Morgan fingerprint density at radius 1 is 1.24 bits per heavy atom. The fourth-order valence-corrected chi connectivity index (χ4v) is 3.11. The minimum absolute atomic E-state index is 0.552. The Bertz CT molecular complexity index is 497. The summed E-state index contributed by atoms with van der Waals surface area (Å²) in [6.07, 6.45) is 10.5. The van der Waals surface area contributed by atoms with Crippen LogP contribution in [-0.4, -0.2) is 15.0 Å². The second-order valence-electron chi connectivity index (χ2n) is 5.19. The molecule has 0 amide bonds. The molecule has 1 aliphatic rings. The van der Waals surface area contributed by atoms with Crippen LogP contribution in [0.25, 0.3) is 11.0 Å². The van der Waals surface area contributed by atoms with Crippen molar-refractivity contribution in [1.82, 2.24) is 15.0 Å². The van der Waals surface area contributed by atoms with Gasteiger partial charge in [-0.3, -0.25) is 0 Å². The van der Waals surface area contributed by atoms with E-state index in [4.69, 9.17) is 0 Å². The van der Waals surface area contributed by atoms with Crippen LogP contribution in [0, 0.1) is 5.92 Å². The van der Waals surface area contributed by atoms with E-state index in [1.807, 2.05) is 6.20 Å². The van der Waals surface area contributed by atoms with Gasteiger partial charge in [0.15, 0.2) is 0 Å². The third-order valence-corrected chi connectivity index (χ3v) is 4.17. The number of nitrogens with one attached hydrogen (secondary N) is 1. The van der Waals surface area contributed by atoms with Crippen molar-refractivity contribution in [3.8, 4) is 0 Å². The van der Waals surface area contributed by atoms with Crippen molar-refractivity contribution >= 4 is 11.0 Å². The Labute approximate surface area is 102 Å². The van der Waals surface area contributed by atoms with Gasteiger partial charge in [0.1, 0.15) is 12.0 Å². The highest BCUT2D eigenvalue weighted by Gasteiger charge is 2.23. The van der Waals surface area contributed by atoms with Crippen molar-refractivity contribution in [3.63, 3.8) is 0 Å². The molecule has 3 nitrogen and oxygen atoms in total. The maximum Gasteiger partial charge on any atom is 0.140 e. The van der Waals surface area contributed by atoms with Crippen molar-refractivity contribution in [3.05, 3.63) is 24.3 Å². The first-order chi connectivity index (χ1) is 8.36. The van der Waals surface area contributed by atoms with E-state index in [1.54, 1.807) is 6.33 Å². The molecule has 1 unspecified atom stereocenters. The van der Waals surface area contributed by atoms with E-state index in [9.17, 15) is 0 Å². The fraction of sp³-hybridized carbons (Fsp3) is 0.571. The number of aromatic amines is 1. The maximum atomic E-state index is 4.52. The smallest absolute Gasteiger partial charge is 0.140 e. The monoisotopic (exact) mass is 229 g/mol. The van der Waals surface area contributed by atoms with E-state index in [-0.39, 0.29) is 0 Å². The van der Waals surface area contributed by atoms with E-state index >= 15 is 0 Å². The van der Waals surface area contributed by atoms with Gasteiger partial charge in [0, 0.05) is 17.5 Å². The number of aromatic nitrogens is 3. The summed E-state index contributed by atoms with van der Waals surface area (Å²) in [6.45, 7) is 2.32. The number of fused-ring (bicyclic) bond motifs is 1. The van der Waals surface area contributed by atoms with Gasteiger partial charge in [-0.05, 0) is 24.8 Å². The van der Waals surface area contributed by atoms with Crippen LogP contribution < -0.4 is 0 Å². The third kappa shape index (κ3) is 1.94. The third-order valence-electron chi connectivity index (χ3n) is 4.17. The molecule has 3 rings (SSSR count). The maximum absolute atomic E-state index is 4.52. The van der Waals surface area contributed by atoms with Gasteiger partial charge in [-0.25, -0.2) is 9.97 Å². The summed E-state index contributed by atoms with van der Waals surface area (Å²) in [5, 5.41) is 1.20. The molecule has 0 radical (unpaired) electrons. The number of hydrogen-bond acceptors (Lipinski definition) is 2. The number of hydrogen-bond donors (Lipinski definition) is 1. The van der Waals surface area contributed by atoms with Crippen LogP contribution in [0.2, 0.25) is 0 Å². The van der Waals surface area contributed by atoms with Crippen molar-refractivity contribution < 1.29 is 0 Å². The molecule has 0 spiro atoms. The van der Waals surface area contributed by atoms with Crippen LogP contribution in [-0.2, 0) is 0 Å². The van der Waals surface area contributed by atoms with Gasteiger partial charge in [-0.2, -0.15) is 0 Å². The van der Waals surface area contributed by atoms with E-state index in [0.717, 1.165) is 11.6 Å². The molecule has 0 aromatic carbocycles. The number of nitrogens with zero attached hydrogens (tertiary/aromatic N) is 2. The molecule has 1 N–H and O–H groups in total. The van der Waals surface area contributed by atoms with Gasteiger partial charge in [-0.15, -0.1) is 0 Å². The summed E-state index contributed by atoms with van der Waals surface area (Å²) in [7, 11) is 0. The predicted octanol–water partition coefficient (Wildman–Crippen LogP) is 3.64. The molecule has 90 valence electrons. The van der Waals surface area contributed by atoms with Crippen molar-refractivity contribution in [2.75, 3.05) is 0 Å². The van der Waals surface area contributed by atoms with Gasteiger partial charge in [0.25, 0.3) is 0 Å². The minimum atomic E-state index is 0.552. The summed E-state index contributed by atoms with van der Waals surface area (Å²) in [4.78, 5) is 12.0. The first-order valence-corrected chi connectivity index (χ1v) is 6.64. The molecular formula is C14H19N3. The van der Waals surface area contributed by atoms with Crippen LogP contribution in [0.3, 0.4) is 0 Å². The first-order valence-electron chi connectivity index (χ1n) is 6.64. The Balaban J connectivity index is 1.94. The molecule has 0 bridgehead atoms. The van der Waals surface area contributed by atoms with E-state index < -0.39 is 0 Å². The van der Waals surface area contributed by atoms with Gasteiger partial charge in [-0.1, -0.05) is 26.2 Å². The quantitative estimate of drug-likeness (QED) is 0.854. The zero-order chi connectivity index (χ0) is 11.7. The molecule has 2 heterocycles. The lowest BCUT2D eigenvalue weighted by molar-refractivity contribution is 0.314. The lowest BCUT2D eigenvalue weighted by atomic mass is 9.79. The molecule has 0 saturated heterocycles. The standard InChI is InChI=1S/C14H19N3/c1-10(11-5-3-2-4-6-11)13-12-7-8-15-14(12)17-9-16-13/h7-11H,2-6H2,1H3,(H,15,16,17). The summed E-state index contributed by atoms with van der Waals surface area (Å²) < 4.78 is 0. The molecule has 3 heteroatoms. The second-order valence-corrected chi connectivity index (χ2v) is 5.19. The van der Waals surface area contributed by atoms with Crippen LogP contribution in [0.15, 0.2) is 18.6 Å². The fourth-order valence-electron chi connectivity index (χ4n) is 3.11. The molecular weight excluding hydrogens is 210 g/mol. The largest absolute Gasteiger partial charge is 0.346 e. The zero-order valence-electron chi connectivity index (χ0n) is 10.3. The van der Waals surface area contributed by atoms with E-state index in [0.29, 0.717) is 5.92 Å². The van der Waals surface area contributed by atoms with Crippen LogP contribution in [0.5, 0.6) is 0 Å². The second kappa shape index (κ2) is 4.47. The molecule has 2 aromatic rings. The van der Waals surface area contributed by atoms with E-state index in [1.165, 1.54) is 43.2 Å². The van der Waals surface area contributed by atoms with Gasteiger partial charge in [0.05, 0.1) is 5.69 Å². The normalized spacial score (nSPS) is 19.6. The highest BCUT2D eigenvalue weighted by atomic mass is 14.9. The Kier molecular flexibility index (Phi) is 2.83. The minimum Gasteiger partial charge on any atom is -0.346 e. The van der Waals surface area contributed by atoms with Crippen LogP contribution in [0.4, 0.5) is 0 Å². The Morgan fingerprint density at radius 2 is 2.06 bits per heavy atom. The first kappa shape index (κ1) is 10.8.